The Balaban J connectivity index is 2.92. The number of hydrogen-bond acceptors (Lipinski definition) is 1. The maximum Gasteiger partial charge on any atom is 0.134 e. The lowest BCUT2D eigenvalue weighted by atomic mass is 10.0. The van der Waals surface area contributed by atoms with E-state index in [0.717, 1.165) is 6.04 Å². The Hall–Kier alpha value is -1.15. The number of benzene rings is 1. The zero-order valence-corrected chi connectivity index (χ0v) is 12.3. The lowest BCUT2D eigenvalue weighted by molar-refractivity contribution is -0.116. The summed E-state index contributed by atoms with van der Waals surface area (Å²) in [4.78, 5) is 11.3. The van der Waals surface area contributed by atoms with Crippen molar-refractivity contribution in [2.24, 2.45) is 0 Å². The second kappa shape index (κ2) is 5.96. The Bertz CT molecular complexity index is 399. The maximum absolute atomic E-state index is 11.3. The SMILES string of the molecule is CC(=O)C/C(=C/C[Si](C)(C)C)c1ccccc1. The molecule has 1 aromatic carbocycles. The predicted octanol–water partition coefficient (Wildman–Crippen LogP) is 4.39. The fourth-order valence-corrected chi connectivity index (χ4v) is 2.50. The monoisotopic (exact) mass is 246 g/mol. The van der Waals surface area contributed by atoms with Gasteiger partial charge in [0.05, 0.1) is 0 Å². The molecule has 0 radical (unpaired) electrons. The van der Waals surface area contributed by atoms with Gasteiger partial charge in [-0.05, 0) is 24.1 Å². The van der Waals surface area contributed by atoms with Gasteiger partial charge in [-0.3, -0.25) is 4.79 Å². The third-order valence-electron chi connectivity index (χ3n) is 2.54. The highest BCUT2D eigenvalue weighted by atomic mass is 28.3. The summed E-state index contributed by atoms with van der Waals surface area (Å²) in [7, 11) is -1.09. The smallest absolute Gasteiger partial charge is 0.134 e. The molecule has 0 unspecified atom stereocenters. The van der Waals surface area contributed by atoms with Gasteiger partial charge < -0.3 is 0 Å². The van der Waals surface area contributed by atoms with Crippen LogP contribution in [0.15, 0.2) is 36.4 Å². The minimum absolute atomic E-state index is 0.232. The molecule has 2 heteroatoms. The summed E-state index contributed by atoms with van der Waals surface area (Å²) in [6.45, 7) is 8.70. The predicted molar refractivity (Wildman–Crippen MR) is 77.9 cm³/mol. The summed E-state index contributed by atoms with van der Waals surface area (Å²) in [5.74, 6) is 0.232. The molecule has 0 saturated carbocycles. The van der Waals surface area contributed by atoms with Crippen molar-refractivity contribution >= 4 is 19.4 Å². The second-order valence-corrected chi connectivity index (χ2v) is 11.3. The van der Waals surface area contributed by atoms with E-state index in [1.54, 1.807) is 6.92 Å². The zero-order valence-electron chi connectivity index (χ0n) is 11.3. The van der Waals surface area contributed by atoms with Gasteiger partial charge in [0, 0.05) is 14.5 Å². The van der Waals surface area contributed by atoms with Gasteiger partial charge in [0.2, 0.25) is 0 Å². The minimum atomic E-state index is -1.09. The van der Waals surface area contributed by atoms with Crippen molar-refractivity contribution in [2.45, 2.75) is 39.0 Å². The highest BCUT2D eigenvalue weighted by Gasteiger charge is 2.12. The van der Waals surface area contributed by atoms with Gasteiger partial charge in [0.1, 0.15) is 5.78 Å². The van der Waals surface area contributed by atoms with E-state index < -0.39 is 8.07 Å². The number of rotatable bonds is 5. The van der Waals surface area contributed by atoms with Crippen LogP contribution in [0.1, 0.15) is 18.9 Å². The number of Topliss-reactive ketones (excluding diaryl/α,β-unsaturated/α-hetero) is 1. The van der Waals surface area contributed by atoms with Crippen molar-refractivity contribution in [3.63, 3.8) is 0 Å². The Kier molecular flexibility index (Phi) is 4.88. The van der Waals surface area contributed by atoms with Crippen molar-refractivity contribution in [1.82, 2.24) is 0 Å². The van der Waals surface area contributed by atoms with Crippen LogP contribution in [0.2, 0.25) is 25.7 Å². The highest BCUT2D eigenvalue weighted by molar-refractivity contribution is 6.76. The molecule has 0 aromatic heterocycles. The molecule has 0 amide bonds. The molecule has 0 aliphatic carbocycles. The molecule has 0 heterocycles. The Labute approximate surface area is 106 Å². The van der Waals surface area contributed by atoms with Gasteiger partial charge in [-0.15, -0.1) is 0 Å². The first kappa shape index (κ1) is 13.9. The van der Waals surface area contributed by atoms with Crippen LogP contribution < -0.4 is 0 Å². The van der Waals surface area contributed by atoms with Crippen LogP contribution in [-0.4, -0.2) is 13.9 Å². The first-order valence-corrected chi connectivity index (χ1v) is 9.83. The summed E-state index contributed by atoms with van der Waals surface area (Å²) in [6, 6.07) is 11.4. The highest BCUT2D eigenvalue weighted by Crippen LogP contribution is 2.21. The largest absolute Gasteiger partial charge is 0.300 e. The Morgan fingerprint density at radius 1 is 1.18 bits per heavy atom. The van der Waals surface area contributed by atoms with Crippen molar-refractivity contribution in [1.29, 1.82) is 0 Å². The maximum atomic E-state index is 11.3. The first-order valence-electron chi connectivity index (χ1n) is 6.12. The topological polar surface area (TPSA) is 17.1 Å². The number of allylic oxidation sites excluding steroid dienone is 2. The summed E-state index contributed by atoms with van der Waals surface area (Å²) >= 11 is 0. The lowest BCUT2D eigenvalue weighted by Crippen LogP contribution is -2.17. The minimum Gasteiger partial charge on any atom is -0.300 e. The van der Waals surface area contributed by atoms with Crippen molar-refractivity contribution < 1.29 is 4.79 Å². The van der Waals surface area contributed by atoms with E-state index in [0.29, 0.717) is 6.42 Å². The van der Waals surface area contributed by atoms with E-state index >= 15 is 0 Å². The number of carbonyl (C=O) groups is 1. The van der Waals surface area contributed by atoms with Crippen LogP contribution in [0.3, 0.4) is 0 Å². The van der Waals surface area contributed by atoms with Gasteiger partial charge in [-0.2, -0.15) is 0 Å². The van der Waals surface area contributed by atoms with Gasteiger partial charge in [0.25, 0.3) is 0 Å². The summed E-state index contributed by atoms with van der Waals surface area (Å²) < 4.78 is 0. The van der Waals surface area contributed by atoms with Gasteiger partial charge in [0.15, 0.2) is 0 Å². The second-order valence-electron chi connectivity index (χ2n) is 5.74. The fourth-order valence-electron chi connectivity index (χ4n) is 1.64. The van der Waals surface area contributed by atoms with E-state index in [1.807, 2.05) is 18.2 Å². The normalized spacial score (nSPS) is 12.6. The fraction of sp³-hybridized carbons (Fsp3) is 0.400. The number of ketones is 1. The molecule has 1 rings (SSSR count). The first-order chi connectivity index (χ1) is 7.88. The van der Waals surface area contributed by atoms with Crippen LogP contribution in [-0.2, 0) is 4.79 Å². The molecule has 0 saturated heterocycles. The Morgan fingerprint density at radius 2 is 1.76 bits per heavy atom. The van der Waals surface area contributed by atoms with Crippen LogP contribution in [0.4, 0.5) is 0 Å². The summed E-state index contributed by atoms with van der Waals surface area (Å²) in [6.07, 6.45) is 2.82. The average molecular weight is 246 g/mol. The zero-order chi connectivity index (χ0) is 12.9. The van der Waals surface area contributed by atoms with Crippen molar-refractivity contribution in [2.75, 3.05) is 0 Å². The number of carbonyl (C=O) groups excluding carboxylic acids is 1. The van der Waals surface area contributed by atoms with Gasteiger partial charge in [-0.1, -0.05) is 56.0 Å². The standard InChI is InChI=1S/C15H22OSi/c1-13(16)12-15(10-11-17(2,3)4)14-8-6-5-7-9-14/h5-10H,11-12H2,1-4H3/b15-10-. The molecule has 0 spiro atoms. The van der Waals surface area contributed by atoms with Crippen molar-refractivity contribution in [3.05, 3.63) is 42.0 Å². The average Bonchev–Trinajstić information content (AvgIpc) is 2.24. The molecular weight excluding hydrogens is 224 g/mol. The molecule has 0 bridgehead atoms. The lowest BCUT2D eigenvalue weighted by Gasteiger charge is -2.14. The molecule has 0 fully saturated rings. The van der Waals surface area contributed by atoms with Gasteiger partial charge in [-0.25, -0.2) is 0 Å². The number of hydrogen-bond donors (Lipinski definition) is 0. The van der Waals surface area contributed by atoms with E-state index in [2.05, 4.69) is 37.8 Å². The van der Waals surface area contributed by atoms with E-state index in [1.165, 1.54) is 11.1 Å². The van der Waals surface area contributed by atoms with E-state index in [-0.39, 0.29) is 5.78 Å². The van der Waals surface area contributed by atoms with Crippen LogP contribution in [0.25, 0.3) is 5.57 Å². The van der Waals surface area contributed by atoms with E-state index in [4.69, 9.17) is 0 Å². The molecular formula is C15H22OSi. The summed E-state index contributed by atoms with van der Waals surface area (Å²) in [5.41, 5.74) is 2.36. The molecule has 92 valence electrons. The molecule has 0 atom stereocenters. The molecule has 17 heavy (non-hydrogen) atoms. The van der Waals surface area contributed by atoms with Crippen molar-refractivity contribution in [3.8, 4) is 0 Å². The quantitative estimate of drug-likeness (QED) is 0.704. The molecule has 0 N–H and O–H groups in total. The molecule has 0 aliphatic rings. The van der Waals surface area contributed by atoms with E-state index in [9.17, 15) is 4.79 Å². The van der Waals surface area contributed by atoms with Crippen LogP contribution in [0.5, 0.6) is 0 Å². The summed E-state index contributed by atoms with van der Waals surface area (Å²) in [5, 5.41) is 0. The molecule has 1 nitrogen and oxygen atoms in total. The van der Waals surface area contributed by atoms with Gasteiger partial charge >= 0.3 is 0 Å². The third-order valence-corrected chi connectivity index (χ3v) is 3.97. The van der Waals surface area contributed by atoms with Crippen LogP contribution >= 0.6 is 0 Å². The third kappa shape index (κ3) is 5.64. The molecule has 1 aromatic rings. The Morgan fingerprint density at radius 3 is 2.24 bits per heavy atom. The van der Waals surface area contributed by atoms with Crippen LogP contribution in [0, 0.1) is 0 Å². The molecule has 0 aliphatic heterocycles.